The first-order valence-electron chi connectivity index (χ1n) is 18.5. The lowest BCUT2D eigenvalue weighted by atomic mass is 10.1. The lowest BCUT2D eigenvalue weighted by Crippen LogP contribution is -2.57. The van der Waals surface area contributed by atoms with Gasteiger partial charge in [0, 0.05) is 35.4 Å². The van der Waals surface area contributed by atoms with Gasteiger partial charge >= 0.3 is 0 Å². The topological polar surface area (TPSA) is 173 Å². The zero-order valence-electron chi connectivity index (χ0n) is 31.3. The lowest BCUT2D eigenvalue weighted by Gasteiger charge is -2.26. The highest BCUT2D eigenvalue weighted by atomic mass is 35.5. The molecular formula is C43H40ClN5O8S. The Kier molecular flexibility index (Phi) is 11.5. The first-order chi connectivity index (χ1) is 27.9. The van der Waals surface area contributed by atoms with E-state index in [0.29, 0.717) is 33.7 Å². The number of ether oxygens (including phenoxy) is 2. The van der Waals surface area contributed by atoms with Crippen molar-refractivity contribution in [2.45, 2.75) is 40.8 Å². The van der Waals surface area contributed by atoms with Crippen LogP contribution >= 0.6 is 11.6 Å². The van der Waals surface area contributed by atoms with E-state index < -0.39 is 69.2 Å². The van der Waals surface area contributed by atoms with Gasteiger partial charge in [-0.2, -0.15) is 0 Å². The molecule has 2 fully saturated rings. The second-order valence-electron chi connectivity index (χ2n) is 14.0. The number of fused-ring (bicyclic) bond motifs is 1. The van der Waals surface area contributed by atoms with Crippen LogP contribution in [0.25, 0.3) is 22.2 Å². The van der Waals surface area contributed by atoms with Crippen molar-refractivity contribution >= 4 is 56.2 Å². The number of pyridine rings is 1. The molecule has 0 unspecified atom stereocenters. The summed E-state index contributed by atoms with van der Waals surface area (Å²) in [5, 5.41) is 4.93. The van der Waals surface area contributed by atoms with Crippen molar-refractivity contribution in [3.05, 3.63) is 133 Å². The number of nitrogens with zero attached hydrogens (tertiary/aromatic N) is 2. The normalized spacial score (nSPS) is 20.4. The molecule has 298 valence electrons. The van der Waals surface area contributed by atoms with Crippen LogP contribution in [0.4, 0.5) is 0 Å². The van der Waals surface area contributed by atoms with Crippen LogP contribution < -0.4 is 24.8 Å². The number of likely N-dealkylation sites (tertiary alicyclic amines) is 1. The average molecular weight is 822 g/mol. The van der Waals surface area contributed by atoms with Gasteiger partial charge in [0.05, 0.1) is 36.3 Å². The van der Waals surface area contributed by atoms with Crippen molar-refractivity contribution in [2.24, 2.45) is 5.92 Å². The average Bonchev–Trinajstić information content (AvgIpc) is 3.81. The Labute approximate surface area is 340 Å². The van der Waals surface area contributed by atoms with Gasteiger partial charge in [-0.3, -0.25) is 19.2 Å². The molecule has 58 heavy (non-hydrogen) atoms. The fraction of sp³-hybridized carbons (Fsp3) is 0.233. The van der Waals surface area contributed by atoms with Crippen molar-refractivity contribution in [3.8, 4) is 22.8 Å². The SMILES string of the molecule is C=C[C@@H]1C[C@]1(NC(=O)[C@@H]1C[C@@H](Oc2cc(-c3ccccc3)nc3cc(OC)ccc23)CN1C(=O)CNC(=O)[C@H](Cl)c1ccccc1)C(=O)NS(=O)(=O)c1ccccc1. The summed E-state index contributed by atoms with van der Waals surface area (Å²) < 4.78 is 40.4. The number of alkyl halides is 1. The number of amides is 4. The highest BCUT2D eigenvalue weighted by Crippen LogP contribution is 2.45. The highest BCUT2D eigenvalue weighted by molar-refractivity contribution is 7.90. The minimum atomic E-state index is -4.28. The molecule has 13 nitrogen and oxygen atoms in total. The number of hydrogen-bond acceptors (Lipinski definition) is 9. The van der Waals surface area contributed by atoms with Crippen molar-refractivity contribution in [1.29, 1.82) is 0 Å². The standard InChI is InChI=1S/C43H40ClN5O8S/c1-3-29-24-43(29,42(53)48-58(54,55)32-17-11-6-12-18-32)47-40(51)36-22-31(26-49(36)38(50)25-45-41(52)39(44)28-15-9-5-10-16-28)57-37-23-34(27-13-7-4-8-14-27)46-35-21-30(56-2)19-20-33(35)37/h3-21,23,29,31,36,39H,1,22,24-26H2,2H3,(H,45,52)(H,47,51)(H,48,53)/t29-,31-,36+,39-,43-/m1/s1. The fourth-order valence-electron chi connectivity index (χ4n) is 7.08. The Morgan fingerprint density at radius 2 is 1.64 bits per heavy atom. The van der Waals surface area contributed by atoms with Gasteiger partial charge in [-0.25, -0.2) is 18.1 Å². The minimum Gasteiger partial charge on any atom is -0.497 e. The number of methoxy groups -OCH3 is 1. The van der Waals surface area contributed by atoms with E-state index in [1.165, 1.54) is 35.2 Å². The van der Waals surface area contributed by atoms with E-state index in [2.05, 4.69) is 21.9 Å². The van der Waals surface area contributed by atoms with Gasteiger partial charge in [0.25, 0.3) is 15.9 Å². The molecule has 0 radical (unpaired) electrons. The zero-order valence-corrected chi connectivity index (χ0v) is 32.9. The molecule has 5 atom stereocenters. The lowest BCUT2D eigenvalue weighted by molar-refractivity contribution is -0.140. The quantitative estimate of drug-likeness (QED) is 0.104. The van der Waals surface area contributed by atoms with E-state index >= 15 is 0 Å². The van der Waals surface area contributed by atoms with E-state index in [0.717, 1.165) is 5.56 Å². The molecule has 2 aliphatic rings. The van der Waals surface area contributed by atoms with Crippen molar-refractivity contribution in [2.75, 3.05) is 20.2 Å². The molecule has 1 aromatic heterocycles. The molecule has 1 saturated carbocycles. The van der Waals surface area contributed by atoms with Crippen LogP contribution in [-0.4, -0.2) is 79.8 Å². The van der Waals surface area contributed by atoms with Gasteiger partial charge in [0.15, 0.2) is 0 Å². The summed E-state index contributed by atoms with van der Waals surface area (Å²) in [7, 11) is -2.72. The van der Waals surface area contributed by atoms with E-state index in [4.69, 9.17) is 26.1 Å². The number of hydrogen-bond donors (Lipinski definition) is 3. The summed E-state index contributed by atoms with van der Waals surface area (Å²) >= 11 is 6.41. The predicted octanol–water partition coefficient (Wildman–Crippen LogP) is 4.92. The largest absolute Gasteiger partial charge is 0.497 e. The Morgan fingerprint density at radius 1 is 0.966 bits per heavy atom. The van der Waals surface area contributed by atoms with Gasteiger partial charge in [-0.15, -0.1) is 18.2 Å². The molecule has 2 heterocycles. The summed E-state index contributed by atoms with van der Waals surface area (Å²) in [6, 6.07) is 31.5. The maximum Gasteiger partial charge on any atom is 0.264 e. The smallest absolute Gasteiger partial charge is 0.264 e. The number of aromatic nitrogens is 1. The van der Waals surface area contributed by atoms with E-state index in [9.17, 15) is 27.6 Å². The van der Waals surface area contributed by atoms with Crippen molar-refractivity contribution in [1.82, 2.24) is 25.2 Å². The van der Waals surface area contributed by atoms with E-state index in [-0.39, 0.29) is 24.3 Å². The fourth-order valence-corrected chi connectivity index (χ4v) is 8.36. The van der Waals surface area contributed by atoms with Crippen molar-refractivity contribution in [3.63, 3.8) is 0 Å². The molecule has 15 heteroatoms. The van der Waals surface area contributed by atoms with Gasteiger partial charge in [0.2, 0.25) is 17.7 Å². The van der Waals surface area contributed by atoms with Gasteiger partial charge in [-0.05, 0) is 36.2 Å². The highest BCUT2D eigenvalue weighted by Gasteiger charge is 2.61. The Bertz CT molecular complexity index is 2470. The molecule has 5 aromatic rings. The third-order valence-corrected chi connectivity index (χ3v) is 12.1. The molecule has 1 aliphatic heterocycles. The van der Waals surface area contributed by atoms with Crippen LogP contribution in [-0.2, 0) is 29.2 Å². The molecule has 3 N–H and O–H groups in total. The number of halogens is 1. The van der Waals surface area contributed by atoms with Crippen LogP contribution in [0.2, 0.25) is 0 Å². The molecule has 1 aliphatic carbocycles. The maximum absolute atomic E-state index is 14.3. The monoisotopic (exact) mass is 821 g/mol. The van der Waals surface area contributed by atoms with Crippen molar-refractivity contribution < 1.29 is 37.1 Å². The second-order valence-corrected chi connectivity index (χ2v) is 16.2. The first-order valence-corrected chi connectivity index (χ1v) is 20.4. The van der Waals surface area contributed by atoms with Gasteiger partial charge in [-0.1, -0.05) is 84.9 Å². The molecule has 4 amide bonds. The predicted molar refractivity (Wildman–Crippen MR) is 217 cm³/mol. The Hall–Kier alpha value is -6.25. The molecule has 0 spiro atoms. The van der Waals surface area contributed by atoms with Crippen LogP contribution in [0.1, 0.15) is 23.8 Å². The molecular weight excluding hydrogens is 782 g/mol. The van der Waals surface area contributed by atoms with Crippen LogP contribution in [0.15, 0.2) is 133 Å². The van der Waals surface area contributed by atoms with Crippen LogP contribution in [0.5, 0.6) is 11.5 Å². The molecule has 1 saturated heterocycles. The van der Waals surface area contributed by atoms with Crippen LogP contribution in [0, 0.1) is 5.92 Å². The third kappa shape index (κ3) is 8.38. The minimum absolute atomic E-state index is 0.00687. The summed E-state index contributed by atoms with van der Waals surface area (Å²) in [5.41, 5.74) is 0.943. The number of sulfonamides is 1. The summed E-state index contributed by atoms with van der Waals surface area (Å²) in [5.74, 6) is -2.42. The number of rotatable bonds is 14. The van der Waals surface area contributed by atoms with Crippen LogP contribution in [0.3, 0.4) is 0 Å². The zero-order chi connectivity index (χ0) is 41.0. The summed E-state index contributed by atoms with van der Waals surface area (Å²) in [6.45, 7) is 3.22. The number of nitrogens with one attached hydrogen (secondary N) is 3. The number of carbonyl (C=O) groups excluding carboxylic acids is 4. The molecule has 0 bridgehead atoms. The maximum atomic E-state index is 14.3. The van der Waals surface area contributed by atoms with Gasteiger partial charge < -0.3 is 25.0 Å². The summed E-state index contributed by atoms with van der Waals surface area (Å²) in [4.78, 5) is 61.0. The first kappa shape index (κ1) is 40.0. The number of carbonyl (C=O) groups is 4. The Morgan fingerprint density at radius 3 is 2.29 bits per heavy atom. The second kappa shape index (κ2) is 16.7. The molecule has 7 rings (SSSR count). The van der Waals surface area contributed by atoms with E-state index in [1.807, 2.05) is 36.4 Å². The third-order valence-electron chi connectivity index (χ3n) is 10.3. The van der Waals surface area contributed by atoms with Gasteiger partial charge in [0.1, 0.15) is 34.6 Å². The Balaban J connectivity index is 1.16. The molecule has 4 aromatic carbocycles. The summed E-state index contributed by atoms with van der Waals surface area (Å²) in [6.07, 6.45) is 0.805. The van der Waals surface area contributed by atoms with E-state index in [1.54, 1.807) is 61.7 Å². The number of benzene rings is 4.